The summed E-state index contributed by atoms with van der Waals surface area (Å²) in [6, 6.07) is 7.91. The zero-order valence-electron chi connectivity index (χ0n) is 15.1. The molecule has 0 unspecified atom stereocenters. The van der Waals surface area contributed by atoms with Crippen LogP contribution in [0.3, 0.4) is 0 Å². The molecule has 0 atom stereocenters. The second kappa shape index (κ2) is 13.2. The lowest BCUT2D eigenvalue weighted by Crippen LogP contribution is -2.18. The highest BCUT2D eigenvalue weighted by Gasteiger charge is 2.02. The molecule has 4 heteroatoms. The van der Waals surface area contributed by atoms with E-state index in [0.717, 1.165) is 28.6 Å². The zero-order valence-corrected chi connectivity index (χ0v) is 16.7. The number of benzene rings is 1. The van der Waals surface area contributed by atoms with Crippen molar-refractivity contribution in [1.82, 2.24) is 5.43 Å². The standard InChI is InChI=1S/C20H31BrN2O/c1-3-4-5-6-7-8-9-10-11-15-20(24)23-22-17(2)18-13-12-14-19(21)16-18/h12-14,16H,3-11,15H2,1-2H3,(H,23,24). The van der Waals surface area contributed by atoms with Crippen molar-refractivity contribution < 1.29 is 4.79 Å². The molecule has 0 aliphatic carbocycles. The summed E-state index contributed by atoms with van der Waals surface area (Å²) in [5, 5.41) is 4.19. The van der Waals surface area contributed by atoms with E-state index in [-0.39, 0.29) is 5.91 Å². The highest BCUT2D eigenvalue weighted by atomic mass is 79.9. The maximum atomic E-state index is 11.8. The Bertz CT molecular complexity index is 514. The first-order valence-corrected chi connectivity index (χ1v) is 10.0. The maximum Gasteiger partial charge on any atom is 0.240 e. The average molecular weight is 395 g/mol. The molecule has 1 aromatic rings. The third-order valence-corrected chi connectivity index (χ3v) is 4.59. The van der Waals surface area contributed by atoms with E-state index in [1.54, 1.807) is 0 Å². The lowest BCUT2D eigenvalue weighted by atomic mass is 10.1. The molecule has 1 N–H and O–H groups in total. The Morgan fingerprint density at radius 3 is 2.29 bits per heavy atom. The van der Waals surface area contributed by atoms with Gasteiger partial charge in [0.25, 0.3) is 0 Å². The van der Waals surface area contributed by atoms with Gasteiger partial charge in [0.05, 0.1) is 5.71 Å². The molecule has 0 bridgehead atoms. The Labute approximate surface area is 155 Å². The van der Waals surface area contributed by atoms with E-state index in [1.165, 1.54) is 44.9 Å². The van der Waals surface area contributed by atoms with Gasteiger partial charge in [0.15, 0.2) is 0 Å². The summed E-state index contributed by atoms with van der Waals surface area (Å²) in [4.78, 5) is 11.8. The van der Waals surface area contributed by atoms with Gasteiger partial charge >= 0.3 is 0 Å². The number of halogens is 1. The van der Waals surface area contributed by atoms with Crippen LogP contribution in [-0.2, 0) is 4.79 Å². The van der Waals surface area contributed by atoms with Gasteiger partial charge in [0.1, 0.15) is 0 Å². The molecule has 3 nitrogen and oxygen atoms in total. The smallest absolute Gasteiger partial charge is 0.240 e. The second-order valence-electron chi connectivity index (χ2n) is 6.32. The van der Waals surface area contributed by atoms with E-state index in [4.69, 9.17) is 0 Å². The van der Waals surface area contributed by atoms with Crippen molar-refractivity contribution >= 4 is 27.5 Å². The first-order valence-electron chi connectivity index (χ1n) is 9.22. The van der Waals surface area contributed by atoms with Crippen molar-refractivity contribution in [3.8, 4) is 0 Å². The van der Waals surface area contributed by atoms with Gasteiger partial charge in [-0.1, -0.05) is 86.4 Å². The van der Waals surface area contributed by atoms with Gasteiger partial charge in [-0.2, -0.15) is 5.10 Å². The predicted molar refractivity (Wildman–Crippen MR) is 106 cm³/mol. The van der Waals surface area contributed by atoms with Crippen molar-refractivity contribution in [2.45, 2.75) is 78.1 Å². The van der Waals surface area contributed by atoms with Gasteiger partial charge in [-0.25, -0.2) is 5.43 Å². The molecule has 1 amide bonds. The van der Waals surface area contributed by atoms with Crippen LogP contribution in [0, 0.1) is 0 Å². The fourth-order valence-electron chi connectivity index (χ4n) is 2.58. The van der Waals surface area contributed by atoms with Crippen molar-refractivity contribution in [1.29, 1.82) is 0 Å². The molecule has 0 spiro atoms. The Morgan fingerprint density at radius 2 is 1.67 bits per heavy atom. The van der Waals surface area contributed by atoms with E-state index < -0.39 is 0 Å². The van der Waals surface area contributed by atoms with Gasteiger partial charge in [-0.15, -0.1) is 0 Å². The van der Waals surface area contributed by atoms with Crippen LogP contribution in [0.15, 0.2) is 33.8 Å². The molecule has 0 saturated carbocycles. The summed E-state index contributed by atoms with van der Waals surface area (Å²) in [5.74, 6) is 0.00675. The number of amides is 1. The first-order chi connectivity index (χ1) is 11.6. The van der Waals surface area contributed by atoms with Crippen LogP contribution in [0.25, 0.3) is 0 Å². The molecule has 0 fully saturated rings. The molecule has 0 aliphatic heterocycles. The number of hydrazone groups is 1. The number of carbonyl (C=O) groups excluding carboxylic acids is 1. The summed E-state index contributed by atoms with van der Waals surface area (Å²) in [6.45, 7) is 4.15. The predicted octanol–water partition coefficient (Wildman–Crippen LogP) is 6.21. The molecule has 134 valence electrons. The number of carbonyl (C=O) groups is 1. The molecule has 0 saturated heterocycles. The number of unbranched alkanes of at least 4 members (excludes halogenated alkanes) is 8. The molecular weight excluding hydrogens is 364 g/mol. The summed E-state index contributed by atoms with van der Waals surface area (Å²) >= 11 is 3.44. The molecule has 0 aliphatic rings. The van der Waals surface area contributed by atoms with E-state index in [1.807, 2.05) is 31.2 Å². The summed E-state index contributed by atoms with van der Waals surface area (Å²) in [6.07, 6.45) is 11.9. The summed E-state index contributed by atoms with van der Waals surface area (Å²) < 4.78 is 1.01. The number of nitrogens with one attached hydrogen (secondary N) is 1. The van der Waals surface area contributed by atoms with Crippen molar-refractivity contribution in [3.05, 3.63) is 34.3 Å². The van der Waals surface area contributed by atoms with E-state index in [9.17, 15) is 4.79 Å². The lowest BCUT2D eigenvalue weighted by molar-refractivity contribution is -0.121. The van der Waals surface area contributed by atoms with Crippen molar-refractivity contribution in [3.63, 3.8) is 0 Å². The van der Waals surface area contributed by atoms with Gasteiger partial charge in [-0.05, 0) is 31.0 Å². The Balaban J connectivity index is 2.10. The summed E-state index contributed by atoms with van der Waals surface area (Å²) in [5.41, 5.74) is 4.48. The second-order valence-corrected chi connectivity index (χ2v) is 7.24. The first kappa shape index (κ1) is 20.9. The van der Waals surface area contributed by atoms with Crippen LogP contribution in [0.2, 0.25) is 0 Å². The van der Waals surface area contributed by atoms with Crippen LogP contribution in [0.1, 0.15) is 83.6 Å². The monoisotopic (exact) mass is 394 g/mol. The van der Waals surface area contributed by atoms with Crippen LogP contribution in [-0.4, -0.2) is 11.6 Å². The number of nitrogens with zero attached hydrogens (tertiary/aromatic N) is 1. The van der Waals surface area contributed by atoms with Gasteiger partial charge < -0.3 is 0 Å². The fourth-order valence-corrected chi connectivity index (χ4v) is 2.98. The number of hydrogen-bond acceptors (Lipinski definition) is 2. The minimum atomic E-state index is 0.00675. The molecule has 1 rings (SSSR count). The molecule has 1 aromatic carbocycles. The molecule has 0 radical (unpaired) electrons. The van der Waals surface area contributed by atoms with Gasteiger partial charge in [0.2, 0.25) is 5.91 Å². The van der Waals surface area contributed by atoms with Crippen LogP contribution < -0.4 is 5.43 Å². The van der Waals surface area contributed by atoms with E-state index in [2.05, 4.69) is 33.4 Å². The van der Waals surface area contributed by atoms with Crippen LogP contribution in [0.4, 0.5) is 0 Å². The Morgan fingerprint density at radius 1 is 1.04 bits per heavy atom. The van der Waals surface area contributed by atoms with E-state index >= 15 is 0 Å². The Hall–Kier alpha value is -1.16. The normalized spacial score (nSPS) is 11.5. The SMILES string of the molecule is CCCCCCCCCCCC(=O)NN=C(C)c1cccc(Br)c1. The minimum absolute atomic E-state index is 0.00675. The van der Waals surface area contributed by atoms with Gasteiger partial charge in [0, 0.05) is 10.9 Å². The third kappa shape index (κ3) is 9.86. The highest BCUT2D eigenvalue weighted by Crippen LogP contribution is 2.12. The average Bonchev–Trinajstić information content (AvgIpc) is 2.58. The van der Waals surface area contributed by atoms with Crippen LogP contribution >= 0.6 is 15.9 Å². The summed E-state index contributed by atoms with van der Waals surface area (Å²) in [7, 11) is 0. The topological polar surface area (TPSA) is 41.5 Å². The van der Waals surface area contributed by atoms with Crippen molar-refractivity contribution in [2.75, 3.05) is 0 Å². The molecule has 0 heterocycles. The quantitative estimate of drug-likeness (QED) is 0.255. The maximum absolute atomic E-state index is 11.8. The van der Waals surface area contributed by atoms with Crippen molar-refractivity contribution in [2.24, 2.45) is 5.10 Å². The molecule has 24 heavy (non-hydrogen) atoms. The highest BCUT2D eigenvalue weighted by molar-refractivity contribution is 9.10. The number of hydrogen-bond donors (Lipinski definition) is 1. The Kier molecular flexibility index (Phi) is 11.5. The van der Waals surface area contributed by atoms with Gasteiger partial charge in [-0.3, -0.25) is 4.79 Å². The fraction of sp³-hybridized carbons (Fsp3) is 0.600. The third-order valence-electron chi connectivity index (χ3n) is 4.10. The van der Waals surface area contributed by atoms with E-state index in [0.29, 0.717) is 6.42 Å². The van der Waals surface area contributed by atoms with Crippen LogP contribution in [0.5, 0.6) is 0 Å². The largest absolute Gasteiger partial charge is 0.273 e. The minimum Gasteiger partial charge on any atom is -0.273 e. The zero-order chi connectivity index (χ0) is 17.6. The molecular formula is C20H31BrN2O. The lowest BCUT2D eigenvalue weighted by Gasteiger charge is -2.04. The number of rotatable bonds is 12. The molecule has 0 aromatic heterocycles.